The molecule has 0 heterocycles. The van der Waals surface area contributed by atoms with E-state index in [1.54, 1.807) is 20.1 Å². The van der Waals surface area contributed by atoms with Crippen molar-refractivity contribution in [2.45, 2.75) is 19.6 Å². The number of carbonyl (C=O) groups is 1. The molecular weight excluding hydrogens is 263 g/mol. The minimum atomic E-state index is -0.670. The van der Waals surface area contributed by atoms with Crippen molar-refractivity contribution in [2.24, 2.45) is 0 Å². The van der Waals surface area contributed by atoms with E-state index in [4.69, 9.17) is 9.47 Å². The van der Waals surface area contributed by atoms with Gasteiger partial charge in [0.1, 0.15) is 11.6 Å². The Hall–Kier alpha value is -1.66. The average molecular weight is 284 g/mol. The third-order valence-corrected chi connectivity index (χ3v) is 2.67. The molecule has 1 amide bonds. The fourth-order valence-corrected chi connectivity index (χ4v) is 1.66. The van der Waals surface area contributed by atoms with Gasteiger partial charge in [-0.3, -0.25) is 4.79 Å². The monoisotopic (exact) mass is 284 g/mol. The van der Waals surface area contributed by atoms with Crippen LogP contribution in [0, 0.1) is 5.82 Å². The van der Waals surface area contributed by atoms with Crippen molar-refractivity contribution in [3.8, 4) is 5.75 Å². The number of methoxy groups -OCH3 is 1. The topological polar surface area (TPSA) is 59.6 Å². The van der Waals surface area contributed by atoms with Gasteiger partial charge in [0.2, 0.25) is 0 Å². The van der Waals surface area contributed by atoms with E-state index in [9.17, 15) is 9.18 Å². The van der Waals surface area contributed by atoms with Gasteiger partial charge in [-0.05, 0) is 24.6 Å². The molecule has 5 nitrogen and oxygen atoms in total. The van der Waals surface area contributed by atoms with Gasteiger partial charge in [0.25, 0.3) is 5.91 Å². The molecule has 2 N–H and O–H groups in total. The van der Waals surface area contributed by atoms with Crippen LogP contribution in [0.1, 0.15) is 12.5 Å². The van der Waals surface area contributed by atoms with Crippen LogP contribution in [0.5, 0.6) is 5.75 Å². The number of halogens is 1. The first-order valence-electron chi connectivity index (χ1n) is 6.44. The maximum Gasteiger partial charge on any atom is 0.260 e. The van der Waals surface area contributed by atoms with Gasteiger partial charge < -0.3 is 20.1 Å². The molecule has 0 spiro atoms. The summed E-state index contributed by atoms with van der Waals surface area (Å²) in [5.41, 5.74) is 0.750. The molecule has 0 fully saturated rings. The van der Waals surface area contributed by atoms with Gasteiger partial charge in [-0.15, -0.1) is 0 Å². The van der Waals surface area contributed by atoms with Crippen LogP contribution < -0.4 is 15.4 Å². The van der Waals surface area contributed by atoms with Crippen LogP contribution in [0.4, 0.5) is 4.39 Å². The van der Waals surface area contributed by atoms with Gasteiger partial charge in [-0.25, -0.2) is 4.39 Å². The van der Waals surface area contributed by atoms with Crippen LogP contribution in [0.25, 0.3) is 0 Å². The van der Waals surface area contributed by atoms with Crippen LogP contribution in [0.2, 0.25) is 0 Å². The Labute approximate surface area is 118 Å². The largest absolute Gasteiger partial charge is 0.481 e. The SMILES string of the molecule is CNC(=O)C(C)Oc1cc(F)cc(CNCCOC)c1. The molecule has 1 aromatic rings. The van der Waals surface area contributed by atoms with E-state index in [0.29, 0.717) is 25.4 Å². The minimum absolute atomic E-state index is 0.256. The van der Waals surface area contributed by atoms with Gasteiger partial charge in [0, 0.05) is 33.3 Å². The Morgan fingerprint density at radius 2 is 2.15 bits per heavy atom. The highest BCUT2D eigenvalue weighted by molar-refractivity contribution is 5.80. The van der Waals surface area contributed by atoms with E-state index in [2.05, 4.69) is 10.6 Å². The zero-order valence-corrected chi connectivity index (χ0v) is 12.0. The van der Waals surface area contributed by atoms with Crippen molar-refractivity contribution in [3.05, 3.63) is 29.6 Å². The van der Waals surface area contributed by atoms with Crippen LogP contribution in [-0.4, -0.2) is 39.3 Å². The smallest absolute Gasteiger partial charge is 0.260 e. The first kappa shape index (κ1) is 16.4. The lowest BCUT2D eigenvalue weighted by Crippen LogP contribution is -2.33. The second-order valence-electron chi connectivity index (χ2n) is 4.34. The Bertz CT molecular complexity index is 440. The van der Waals surface area contributed by atoms with Crippen molar-refractivity contribution < 1.29 is 18.7 Å². The summed E-state index contributed by atoms with van der Waals surface area (Å²) in [4.78, 5) is 11.4. The molecule has 0 saturated heterocycles. The third-order valence-electron chi connectivity index (χ3n) is 2.67. The molecule has 0 aromatic heterocycles. The number of amides is 1. The van der Waals surface area contributed by atoms with Crippen molar-refractivity contribution in [1.29, 1.82) is 0 Å². The number of nitrogens with one attached hydrogen (secondary N) is 2. The molecule has 1 atom stereocenters. The van der Waals surface area contributed by atoms with Gasteiger partial charge in [-0.1, -0.05) is 0 Å². The maximum absolute atomic E-state index is 13.5. The highest BCUT2D eigenvalue weighted by Gasteiger charge is 2.13. The number of likely N-dealkylation sites (N-methyl/N-ethyl adjacent to an activating group) is 1. The molecule has 1 unspecified atom stereocenters. The van der Waals surface area contributed by atoms with Crippen LogP contribution in [0.3, 0.4) is 0 Å². The molecule has 20 heavy (non-hydrogen) atoms. The summed E-state index contributed by atoms with van der Waals surface area (Å²) in [7, 11) is 3.15. The molecular formula is C14H21FN2O3. The second kappa shape index (κ2) is 8.50. The summed E-state index contributed by atoms with van der Waals surface area (Å²) < 4.78 is 23.8. The Balaban J connectivity index is 2.63. The first-order valence-corrected chi connectivity index (χ1v) is 6.44. The van der Waals surface area contributed by atoms with Gasteiger partial charge in [0.05, 0.1) is 6.61 Å². The number of ether oxygens (including phenoxy) is 2. The lowest BCUT2D eigenvalue weighted by molar-refractivity contribution is -0.126. The zero-order valence-electron chi connectivity index (χ0n) is 12.0. The second-order valence-corrected chi connectivity index (χ2v) is 4.34. The molecule has 0 aliphatic heterocycles. The van der Waals surface area contributed by atoms with Crippen molar-refractivity contribution in [1.82, 2.24) is 10.6 Å². The summed E-state index contributed by atoms with van der Waals surface area (Å²) in [5, 5.41) is 5.60. The predicted molar refractivity (Wildman–Crippen MR) is 74.1 cm³/mol. The summed E-state index contributed by atoms with van der Waals surface area (Å²) in [6.07, 6.45) is -0.670. The molecule has 0 aliphatic rings. The lowest BCUT2D eigenvalue weighted by atomic mass is 10.2. The maximum atomic E-state index is 13.5. The van der Waals surface area contributed by atoms with E-state index in [-0.39, 0.29) is 5.91 Å². The molecule has 0 radical (unpaired) electrons. The lowest BCUT2D eigenvalue weighted by Gasteiger charge is -2.14. The van der Waals surface area contributed by atoms with E-state index >= 15 is 0 Å². The van der Waals surface area contributed by atoms with Crippen molar-refractivity contribution >= 4 is 5.91 Å². The summed E-state index contributed by atoms with van der Waals surface area (Å²) in [5.74, 6) is -0.311. The van der Waals surface area contributed by atoms with Gasteiger partial charge in [-0.2, -0.15) is 0 Å². The first-order chi connectivity index (χ1) is 9.56. The fraction of sp³-hybridized carbons (Fsp3) is 0.500. The van der Waals surface area contributed by atoms with E-state index < -0.39 is 11.9 Å². The standard InChI is InChI=1S/C14H21FN2O3/c1-10(14(18)16-2)20-13-7-11(6-12(15)8-13)9-17-4-5-19-3/h6-8,10,17H,4-5,9H2,1-3H3,(H,16,18). The number of benzene rings is 1. The number of carbonyl (C=O) groups excluding carboxylic acids is 1. The molecule has 0 saturated carbocycles. The highest BCUT2D eigenvalue weighted by Crippen LogP contribution is 2.18. The van der Waals surface area contributed by atoms with E-state index in [1.807, 2.05) is 0 Å². The summed E-state index contributed by atoms with van der Waals surface area (Å²) >= 11 is 0. The Morgan fingerprint density at radius 1 is 1.40 bits per heavy atom. The van der Waals surface area contributed by atoms with Crippen LogP contribution in [0.15, 0.2) is 18.2 Å². The fourth-order valence-electron chi connectivity index (χ4n) is 1.66. The highest BCUT2D eigenvalue weighted by atomic mass is 19.1. The normalized spacial score (nSPS) is 12.0. The van der Waals surface area contributed by atoms with Crippen LogP contribution >= 0.6 is 0 Å². The number of rotatable bonds is 8. The predicted octanol–water partition coefficient (Wildman–Crippen LogP) is 1.07. The van der Waals surface area contributed by atoms with Gasteiger partial charge >= 0.3 is 0 Å². The molecule has 0 aliphatic carbocycles. The van der Waals surface area contributed by atoms with Gasteiger partial charge in [0.15, 0.2) is 6.10 Å². The van der Waals surface area contributed by atoms with Crippen molar-refractivity contribution in [2.75, 3.05) is 27.3 Å². The molecule has 112 valence electrons. The van der Waals surface area contributed by atoms with Crippen molar-refractivity contribution in [3.63, 3.8) is 0 Å². The average Bonchev–Trinajstić information content (AvgIpc) is 2.42. The summed E-state index contributed by atoms with van der Waals surface area (Å²) in [6.45, 7) is 3.39. The third kappa shape index (κ3) is 5.54. The molecule has 0 bridgehead atoms. The van der Waals surface area contributed by atoms with E-state index in [0.717, 1.165) is 5.56 Å². The number of hydrogen-bond acceptors (Lipinski definition) is 4. The molecule has 1 aromatic carbocycles. The van der Waals surface area contributed by atoms with E-state index in [1.165, 1.54) is 19.2 Å². The summed E-state index contributed by atoms with van der Waals surface area (Å²) in [6, 6.07) is 4.40. The quantitative estimate of drug-likeness (QED) is 0.701. The zero-order chi connectivity index (χ0) is 15.0. The Kier molecular flexibility index (Phi) is 6.97. The Morgan fingerprint density at radius 3 is 2.80 bits per heavy atom. The molecule has 1 rings (SSSR count). The number of hydrogen-bond donors (Lipinski definition) is 2. The van der Waals surface area contributed by atoms with Crippen LogP contribution in [-0.2, 0) is 16.1 Å². The minimum Gasteiger partial charge on any atom is -0.481 e. The molecule has 6 heteroatoms.